The molecule has 2 rings (SSSR count). The fourth-order valence-electron chi connectivity index (χ4n) is 1.88. The Kier molecular flexibility index (Phi) is 3.58. The molecule has 90 valence electrons. The number of rotatable bonds is 4. The van der Waals surface area contributed by atoms with Gasteiger partial charge in [0.1, 0.15) is 0 Å². The lowest BCUT2D eigenvalue weighted by Gasteiger charge is -2.21. The third-order valence-corrected chi connectivity index (χ3v) is 3.27. The van der Waals surface area contributed by atoms with Crippen molar-refractivity contribution in [3.63, 3.8) is 0 Å². The Morgan fingerprint density at radius 1 is 1.29 bits per heavy atom. The third kappa shape index (κ3) is 2.74. The van der Waals surface area contributed by atoms with E-state index >= 15 is 0 Å². The number of carbonyl (C=O) groups excluding carboxylic acids is 1. The maximum Gasteiger partial charge on any atom is 0.219 e. The number of para-hydroxylation sites is 1. The highest BCUT2D eigenvalue weighted by Crippen LogP contribution is 2.19. The molecular weight excluding hydrogens is 234 g/mol. The molecule has 1 aliphatic heterocycles. The van der Waals surface area contributed by atoms with Crippen LogP contribution in [0.1, 0.15) is 6.42 Å². The summed E-state index contributed by atoms with van der Waals surface area (Å²) in [5, 5.41) is 0.775. The van der Waals surface area contributed by atoms with Crippen molar-refractivity contribution in [3.05, 3.63) is 30.3 Å². The average molecular weight is 249 g/mol. The minimum atomic E-state index is -0.286. The Labute approximate surface area is 106 Å². The van der Waals surface area contributed by atoms with Crippen molar-refractivity contribution in [2.45, 2.75) is 6.42 Å². The number of benzene rings is 1. The number of thiocarbonyl (C=S) groups is 1. The van der Waals surface area contributed by atoms with Crippen molar-refractivity contribution in [1.82, 2.24) is 4.90 Å². The van der Waals surface area contributed by atoms with Crippen molar-refractivity contribution in [2.75, 3.05) is 24.5 Å². The Balaban J connectivity index is 2.00. The molecule has 0 atom stereocenters. The van der Waals surface area contributed by atoms with Gasteiger partial charge in [0.25, 0.3) is 0 Å². The van der Waals surface area contributed by atoms with Crippen LogP contribution in [0.5, 0.6) is 0 Å². The quantitative estimate of drug-likeness (QED) is 0.808. The van der Waals surface area contributed by atoms with Crippen LogP contribution in [0.2, 0.25) is 0 Å². The Morgan fingerprint density at radius 2 is 2.00 bits per heavy atom. The van der Waals surface area contributed by atoms with E-state index in [2.05, 4.69) is 4.90 Å². The molecular formula is C12H15N3OS. The van der Waals surface area contributed by atoms with Gasteiger partial charge in [0, 0.05) is 31.7 Å². The van der Waals surface area contributed by atoms with Crippen molar-refractivity contribution in [1.29, 1.82) is 0 Å². The van der Waals surface area contributed by atoms with Gasteiger partial charge in [-0.05, 0) is 24.4 Å². The number of primary amides is 1. The first-order valence-electron chi connectivity index (χ1n) is 5.58. The Morgan fingerprint density at radius 3 is 2.65 bits per heavy atom. The van der Waals surface area contributed by atoms with E-state index in [0.29, 0.717) is 13.0 Å². The molecule has 1 amide bonds. The summed E-state index contributed by atoms with van der Waals surface area (Å²) < 4.78 is 0. The lowest BCUT2D eigenvalue weighted by atomic mass is 10.3. The van der Waals surface area contributed by atoms with Gasteiger partial charge in [-0.25, -0.2) is 0 Å². The first-order valence-corrected chi connectivity index (χ1v) is 5.99. The molecule has 0 radical (unpaired) electrons. The van der Waals surface area contributed by atoms with E-state index in [4.69, 9.17) is 18.0 Å². The molecule has 1 aromatic rings. The maximum absolute atomic E-state index is 10.8. The van der Waals surface area contributed by atoms with E-state index in [0.717, 1.165) is 23.9 Å². The first-order chi connectivity index (χ1) is 8.18. The van der Waals surface area contributed by atoms with Gasteiger partial charge < -0.3 is 15.5 Å². The zero-order valence-electron chi connectivity index (χ0n) is 9.50. The van der Waals surface area contributed by atoms with E-state index in [1.54, 1.807) is 0 Å². The number of carbonyl (C=O) groups is 1. The predicted molar refractivity (Wildman–Crippen MR) is 71.8 cm³/mol. The lowest BCUT2D eigenvalue weighted by molar-refractivity contribution is -0.118. The summed E-state index contributed by atoms with van der Waals surface area (Å²) in [5.41, 5.74) is 6.24. The molecule has 1 saturated heterocycles. The van der Waals surface area contributed by atoms with Crippen LogP contribution in [0.25, 0.3) is 0 Å². The highest BCUT2D eigenvalue weighted by atomic mass is 32.1. The van der Waals surface area contributed by atoms with Crippen LogP contribution >= 0.6 is 12.2 Å². The van der Waals surface area contributed by atoms with E-state index in [1.807, 2.05) is 35.2 Å². The minimum Gasteiger partial charge on any atom is -0.370 e. The molecule has 0 saturated carbocycles. The van der Waals surface area contributed by atoms with Gasteiger partial charge in [-0.3, -0.25) is 4.79 Å². The smallest absolute Gasteiger partial charge is 0.219 e. The zero-order valence-corrected chi connectivity index (χ0v) is 10.3. The van der Waals surface area contributed by atoms with Crippen molar-refractivity contribution >= 4 is 28.9 Å². The van der Waals surface area contributed by atoms with Gasteiger partial charge in [0.15, 0.2) is 5.11 Å². The highest BCUT2D eigenvalue weighted by molar-refractivity contribution is 7.80. The van der Waals surface area contributed by atoms with Crippen molar-refractivity contribution in [2.24, 2.45) is 5.73 Å². The number of nitrogens with zero attached hydrogens (tertiary/aromatic N) is 2. The number of anilines is 1. The summed E-state index contributed by atoms with van der Waals surface area (Å²) in [6.45, 7) is 2.32. The van der Waals surface area contributed by atoms with Crippen LogP contribution in [0.15, 0.2) is 30.3 Å². The predicted octanol–water partition coefficient (Wildman–Crippen LogP) is 0.969. The monoisotopic (exact) mass is 249 g/mol. The second-order valence-electron chi connectivity index (χ2n) is 3.97. The third-order valence-electron chi connectivity index (χ3n) is 2.79. The molecule has 0 aliphatic carbocycles. The first kappa shape index (κ1) is 11.9. The van der Waals surface area contributed by atoms with Gasteiger partial charge in [0.05, 0.1) is 0 Å². The molecule has 1 fully saturated rings. The molecule has 1 aliphatic rings. The van der Waals surface area contributed by atoms with Crippen LogP contribution in [0.4, 0.5) is 5.69 Å². The van der Waals surface area contributed by atoms with Crippen molar-refractivity contribution < 1.29 is 4.79 Å². The normalized spacial score (nSPS) is 15.4. The summed E-state index contributed by atoms with van der Waals surface area (Å²) in [5.74, 6) is -0.286. The maximum atomic E-state index is 10.8. The van der Waals surface area contributed by atoms with Gasteiger partial charge in [-0.2, -0.15) is 0 Å². The summed E-state index contributed by atoms with van der Waals surface area (Å²) in [4.78, 5) is 14.9. The molecule has 1 heterocycles. The molecule has 1 aromatic carbocycles. The summed E-state index contributed by atoms with van der Waals surface area (Å²) in [6.07, 6.45) is 0.350. The van der Waals surface area contributed by atoms with Gasteiger partial charge in [-0.1, -0.05) is 18.2 Å². The fourth-order valence-corrected chi connectivity index (χ4v) is 2.26. The molecule has 4 nitrogen and oxygen atoms in total. The van der Waals surface area contributed by atoms with Crippen LogP contribution in [0.3, 0.4) is 0 Å². The standard InChI is InChI=1S/C12H15N3OS/c13-11(16)6-7-14-8-9-15(12(14)17)10-4-2-1-3-5-10/h1-5H,6-9H2,(H2,13,16). The second kappa shape index (κ2) is 5.14. The number of hydrogen-bond acceptors (Lipinski definition) is 2. The summed E-state index contributed by atoms with van der Waals surface area (Å²) in [7, 11) is 0. The van der Waals surface area contributed by atoms with E-state index in [-0.39, 0.29) is 5.91 Å². The van der Waals surface area contributed by atoms with Crippen LogP contribution in [-0.2, 0) is 4.79 Å². The molecule has 0 aromatic heterocycles. The summed E-state index contributed by atoms with van der Waals surface area (Å²) >= 11 is 5.40. The highest BCUT2D eigenvalue weighted by Gasteiger charge is 2.25. The van der Waals surface area contributed by atoms with E-state index in [9.17, 15) is 4.79 Å². The molecule has 2 N–H and O–H groups in total. The SMILES string of the molecule is NC(=O)CCN1CCN(c2ccccc2)C1=S. The zero-order chi connectivity index (χ0) is 12.3. The average Bonchev–Trinajstić information content (AvgIpc) is 2.69. The van der Waals surface area contributed by atoms with Crippen molar-refractivity contribution in [3.8, 4) is 0 Å². The Bertz CT molecular complexity index is 421. The molecule has 0 spiro atoms. The fraction of sp³-hybridized carbons (Fsp3) is 0.333. The molecule has 17 heavy (non-hydrogen) atoms. The number of amides is 1. The second-order valence-corrected chi connectivity index (χ2v) is 4.34. The largest absolute Gasteiger partial charge is 0.370 e. The lowest BCUT2D eigenvalue weighted by Crippen LogP contribution is -2.33. The molecule has 0 bridgehead atoms. The molecule has 0 unspecified atom stereocenters. The van der Waals surface area contributed by atoms with Crippen LogP contribution in [0, 0.1) is 0 Å². The minimum absolute atomic E-state index is 0.286. The topological polar surface area (TPSA) is 49.6 Å². The van der Waals surface area contributed by atoms with Crippen LogP contribution < -0.4 is 10.6 Å². The number of hydrogen-bond donors (Lipinski definition) is 1. The van der Waals surface area contributed by atoms with Gasteiger partial charge >= 0.3 is 0 Å². The van der Waals surface area contributed by atoms with E-state index < -0.39 is 0 Å². The number of nitrogens with two attached hydrogens (primary N) is 1. The van der Waals surface area contributed by atoms with Gasteiger partial charge in [-0.15, -0.1) is 0 Å². The van der Waals surface area contributed by atoms with E-state index in [1.165, 1.54) is 0 Å². The molecule has 5 heteroatoms. The van der Waals surface area contributed by atoms with Gasteiger partial charge in [0.2, 0.25) is 5.91 Å². The van der Waals surface area contributed by atoms with Crippen LogP contribution in [-0.4, -0.2) is 35.6 Å². The summed E-state index contributed by atoms with van der Waals surface area (Å²) in [6, 6.07) is 10.0. The Hall–Kier alpha value is -1.62.